The molecule has 1 rings (SSSR count). The molecule has 1 aliphatic rings. The molecule has 1 heterocycles. The Bertz CT molecular complexity index is 151. The molecule has 11 heavy (non-hydrogen) atoms. The summed E-state index contributed by atoms with van der Waals surface area (Å²) in [6.07, 6.45) is 4.07. The molecule has 0 bridgehead atoms. The first-order valence-electron chi connectivity index (χ1n) is 4.02. The van der Waals surface area contributed by atoms with E-state index in [-0.39, 0.29) is 0 Å². The monoisotopic (exact) mass is 176 g/mol. The number of hydrogen-bond acceptors (Lipinski definition) is 2. The molecule has 2 atom stereocenters. The van der Waals surface area contributed by atoms with Crippen molar-refractivity contribution in [1.29, 1.82) is 0 Å². The Hall–Kier alpha value is 0.0700. The van der Waals surface area contributed by atoms with Crippen LogP contribution in [0.4, 0.5) is 0 Å². The van der Waals surface area contributed by atoms with Crippen molar-refractivity contribution < 1.29 is 4.21 Å². The predicted molar refractivity (Wildman–Crippen MR) is 47.4 cm³/mol. The van der Waals surface area contributed by atoms with Crippen molar-refractivity contribution in [2.45, 2.75) is 12.8 Å². The zero-order valence-corrected chi connectivity index (χ0v) is 7.77. The number of hydrogen-bond donors (Lipinski definition) is 1. The average Bonchev–Trinajstić information content (AvgIpc) is 2.05. The van der Waals surface area contributed by atoms with Gasteiger partial charge in [-0.3, -0.25) is 0 Å². The molecule has 0 spiro atoms. The van der Waals surface area contributed by atoms with Gasteiger partial charge in [0.05, 0.1) is 11.0 Å². The van der Waals surface area contributed by atoms with Crippen molar-refractivity contribution in [2.24, 2.45) is 11.7 Å². The van der Waals surface area contributed by atoms with E-state index < -0.39 is 11.0 Å². The van der Waals surface area contributed by atoms with Gasteiger partial charge in [0.1, 0.15) is 0 Å². The highest BCUT2D eigenvalue weighted by molar-refractivity contribution is 7.81. The van der Waals surface area contributed by atoms with E-state index in [1.165, 1.54) is 6.42 Å². The van der Waals surface area contributed by atoms with Gasteiger partial charge in [0.2, 0.25) is 0 Å². The molecule has 66 valence electrons. The molecular formula is C7H16N2OS. The van der Waals surface area contributed by atoms with Crippen molar-refractivity contribution in [3.63, 3.8) is 0 Å². The highest BCUT2D eigenvalue weighted by atomic mass is 32.2. The van der Waals surface area contributed by atoms with Crippen LogP contribution in [0.5, 0.6) is 0 Å². The smallest absolute Gasteiger partial charge is 0.0910 e. The molecule has 0 amide bonds. The minimum atomic E-state index is -0.797. The van der Waals surface area contributed by atoms with Gasteiger partial charge >= 0.3 is 0 Å². The van der Waals surface area contributed by atoms with Crippen molar-refractivity contribution in [1.82, 2.24) is 4.31 Å². The quantitative estimate of drug-likeness (QED) is 0.641. The van der Waals surface area contributed by atoms with Crippen molar-refractivity contribution >= 4 is 11.0 Å². The van der Waals surface area contributed by atoms with E-state index in [2.05, 4.69) is 0 Å². The normalized spacial score (nSPS) is 30.2. The van der Waals surface area contributed by atoms with Gasteiger partial charge in [-0.25, -0.2) is 8.51 Å². The van der Waals surface area contributed by atoms with Crippen LogP contribution in [0.3, 0.4) is 0 Å². The van der Waals surface area contributed by atoms with Gasteiger partial charge in [0.25, 0.3) is 0 Å². The van der Waals surface area contributed by atoms with E-state index in [9.17, 15) is 4.21 Å². The molecule has 0 saturated carbocycles. The summed E-state index contributed by atoms with van der Waals surface area (Å²) in [5, 5.41) is 0. The Balaban J connectivity index is 2.39. The maximum atomic E-state index is 11.1. The number of nitrogens with zero attached hydrogens (tertiary/aromatic N) is 1. The second kappa shape index (κ2) is 4.18. The van der Waals surface area contributed by atoms with E-state index in [1.54, 1.807) is 6.26 Å². The van der Waals surface area contributed by atoms with E-state index in [0.717, 1.165) is 26.1 Å². The first-order chi connectivity index (χ1) is 5.24. The van der Waals surface area contributed by atoms with Crippen LogP contribution in [0.15, 0.2) is 0 Å². The fourth-order valence-electron chi connectivity index (χ4n) is 1.45. The second-order valence-corrected chi connectivity index (χ2v) is 4.42. The van der Waals surface area contributed by atoms with Gasteiger partial charge in [-0.1, -0.05) is 0 Å². The SMILES string of the molecule is CS(=O)N1CCCC(CN)C1. The standard InChI is InChI=1S/C7H16N2OS/c1-11(10)9-4-2-3-7(5-8)6-9/h7H,2-6,8H2,1H3. The molecule has 2 unspecified atom stereocenters. The minimum Gasteiger partial charge on any atom is -0.330 e. The molecule has 4 heteroatoms. The molecule has 1 fully saturated rings. The zero-order chi connectivity index (χ0) is 8.27. The Morgan fingerprint density at radius 2 is 2.45 bits per heavy atom. The lowest BCUT2D eigenvalue weighted by atomic mass is 10.0. The van der Waals surface area contributed by atoms with Crippen molar-refractivity contribution in [2.75, 3.05) is 25.9 Å². The topological polar surface area (TPSA) is 46.3 Å². The van der Waals surface area contributed by atoms with Gasteiger partial charge in [-0.05, 0) is 25.3 Å². The highest BCUT2D eigenvalue weighted by Crippen LogP contribution is 2.15. The van der Waals surface area contributed by atoms with Crippen LogP contribution in [-0.2, 0) is 11.0 Å². The molecule has 0 aromatic carbocycles. The third-order valence-corrected chi connectivity index (χ3v) is 3.24. The van der Waals surface area contributed by atoms with E-state index in [0.29, 0.717) is 5.92 Å². The fourth-order valence-corrected chi connectivity index (χ4v) is 2.26. The largest absolute Gasteiger partial charge is 0.330 e. The summed E-state index contributed by atoms with van der Waals surface area (Å²) >= 11 is 0. The Morgan fingerprint density at radius 3 is 3.00 bits per heavy atom. The summed E-state index contributed by atoms with van der Waals surface area (Å²) in [6, 6.07) is 0. The van der Waals surface area contributed by atoms with Gasteiger partial charge < -0.3 is 5.73 Å². The Kier molecular flexibility index (Phi) is 3.48. The first kappa shape index (κ1) is 9.16. The summed E-state index contributed by atoms with van der Waals surface area (Å²) in [5.74, 6) is 0.563. The second-order valence-electron chi connectivity index (χ2n) is 3.06. The first-order valence-corrected chi connectivity index (χ1v) is 5.54. The van der Waals surface area contributed by atoms with Gasteiger partial charge in [-0.2, -0.15) is 0 Å². The van der Waals surface area contributed by atoms with Crippen LogP contribution >= 0.6 is 0 Å². The fraction of sp³-hybridized carbons (Fsp3) is 1.00. The predicted octanol–water partition coefficient (Wildman–Crippen LogP) is -0.0494. The van der Waals surface area contributed by atoms with Crippen LogP contribution in [-0.4, -0.2) is 34.4 Å². The zero-order valence-electron chi connectivity index (χ0n) is 6.95. The maximum absolute atomic E-state index is 11.1. The van der Waals surface area contributed by atoms with E-state index >= 15 is 0 Å². The summed E-state index contributed by atoms with van der Waals surface area (Å²) in [7, 11) is -0.797. The molecule has 2 N–H and O–H groups in total. The summed E-state index contributed by atoms with van der Waals surface area (Å²) in [6.45, 7) is 2.62. The molecule has 0 aromatic rings. The van der Waals surface area contributed by atoms with Crippen LogP contribution in [0, 0.1) is 5.92 Å². The van der Waals surface area contributed by atoms with Crippen LogP contribution in [0.1, 0.15) is 12.8 Å². The van der Waals surface area contributed by atoms with Gasteiger partial charge in [0.15, 0.2) is 0 Å². The lowest BCUT2D eigenvalue weighted by molar-refractivity contribution is 0.283. The molecule has 3 nitrogen and oxygen atoms in total. The van der Waals surface area contributed by atoms with E-state index in [1.807, 2.05) is 4.31 Å². The number of piperidine rings is 1. The Morgan fingerprint density at radius 1 is 1.73 bits per heavy atom. The molecule has 1 saturated heterocycles. The summed E-state index contributed by atoms with van der Waals surface area (Å²) in [5.41, 5.74) is 5.54. The van der Waals surface area contributed by atoms with Gasteiger partial charge in [-0.15, -0.1) is 0 Å². The van der Waals surface area contributed by atoms with Gasteiger partial charge in [0, 0.05) is 19.3 Å². The third-order valence-electron chi connectivity index (χ3n) is 2.18. The lowest BCUT2D eigenvalue weighted by Gasteiger charge is -2.29. The molecule has 0 radical (unpaired) electrons. The lowest BCUT2D eigenvalue weighted by Crippen LogP contribution is -2.38. The number of rotatable bonds is 2. The van der Waals surface area contributed by atoms with Crippen molar-refractivity contribution in [3.8, 4) is 0 Å². The van der Waals surface area contributed by atoms with Crippen molar-refractivity contribution in [3.05, 3.63) is 0 Å². The van der Waals surface area contributed by atoms with Crippen LogP contribution < -0.4 is 5.73 Å². The highest BCUT2D eigenvalue weighted by Gasteiger charge is 2.20. The Labute approximate surface area is 70.5 Å². The average molecular weight is 176 g/mol. The minimum absolute atomic E-state index is 0.563. The maximum Gasteiger partial charge on any atom is 0.0910 e. The molecular weight excluding hydrogens is 160 g/mol. The molecule has 0 aliphatic carbocycles. The third kappa shape index (κ3) is 2.54. The van der Waals surface area contributed by atoms with Crippen LogP contribution in [0.2, 0.25) is 0 Å². The number of nitrogens with two attached hydrogens (primary N) is 1. The summed E-state index contributed by atoms with van der Waals surface area (Å²) in [4.78, 5) is 0. The molecule has 1 aliphatic heterocycles. The molecule has 0 aromatic heterocycles. The van der Waals surface area contributed by atoms with E-state index in [4.69, 9.17) is 5.73 Å². The van der Waals surface area contributed by atoms with Crippen LogP contribution in [0.25, 0.3) is 0 Å². The summed E-state index contributed by atoms with van der Waals surface area (Å²) < 4.78 is 13.1.